The fourth-order valence-electron chi connectivity index (χ4n) is 5.00. The molecular weight excluding hydrogens is 775 g/mol. The summed E-state index contributed by atoms with van der Waals surface area (Å²) in [5.41, 5.74) is 4.55. The maximum Gasteiger partial charge on any atom is 2.00 e. The molecule has 9 nitrogen and oxygen atoms in total. The van der Waals surface area contributed by atoms with Crippen LogP contribution in [0.5, 0.6) is 23.0 Å². The fraction of sp³-hybridized carbons (Fsp3) is 0. The van der Waals surface area contributed by atoms with Crippen LogP contribution in [0.2, 0.25) is 0 Å². The van der Waals surface area contributed by atoms with Crippen LogP contribution in [0, 0.1) is 24.3 Å². The second kappa shape index (κ2) is 14.1. The van der Waals surface area contributed by atoms with Crippen molar-refractivity contribution >= 4 is 21.8 Å². The van der Waals surface area contributed by atoms with Crippen molar-refractivity contribution in [3.63, 3.8) is 0 Å². The molecule has 0 radical (unpaired) electrons. The van der Waals surface area contributed by atoms with Gasteiger partial charge in [-0.25, -0.2) is 19.9 Å². The smallest absolute Gasteiger partial charge is 0.503 e. The van der Waals surface area contributed by atoms with Gasteiger partial charge in [0.15, 0.2) is 0 Å². The van der Waals surface area contributed by atoms with Gasteiger partial charge in [-0.1, -0.05) is 35.3 Å². The van der Waals surface area contributed by atoms with Gasteiger partial charge in [-0.3, -0.25) is 9.97 Å². The maximum absolute atomic E-state index is 6.23. The predicted octanol–water partition coefficient (Wildman–Crippen LogP) is 7.27. The molecule has 0 amide bonds. The summed E-state index contributed by atoms with van der Waals surface area (Å²) in [5, 5.41) is 1.87. The molecule has 0 spiro atoms. The monoisotopic (exact) mass is 793 g/mol. The van der Waals surface area contributed by atoms with Crippen LogP contribution in [0.3, 0.4) is 0 Å². The SMILES string of the molecule is [Pd+2].[Pd+2].[c-]1c(Oc2[c-]c3c(cc2)c2ccc(Oc4[c-]c(-c5ccncn5)ccc4)[c-]c2n3-c2ncccn2)cccc1-c1ccncn1. The number of rotatable bonds is 7. The molecule has 11 heteroatoms. The van der Waals surface area contributed by atoms with Gasteiger partial charge in [0.05, 0.1) is 0 Å². The Hall–Kier alpha value is -5.16. The third kappa shape index (κ3) is 6.57. The Labute approximate surface area is 297 Å². The van der Waals surface area contributed by atoms with E-state index in [1.807, 2.05) is 77.4 Å². The van der Waals surface area contributed by atoms with Crippen molar-refractivity contribution in [3.05, 3.63) is 141 Å². The Balaban J connectivity index is 0.00000193. The van der Waals surface area contributed by atoms with Gasteiger partial charge < -0.3 is 14.0 Å². The molecule has 0 bridgehead atoms. The average molecular weight is 794 g/mol. The van der Waals surface area contributed by atoms with E-state index in [2.05, 4.69) is 54.2 Å². The predicted molar refractivity (Wildman–Crippen MR) is 167 cm³/mol. The quantitative estimate of drug-likeness (QED) is 0.123. The molecule has 0 N–H and O–H groups in total. The Morgan fingerprint density at radius 3 is 1.43 bits per heavy atom. The van der Waals surface area contributed by atoms with Gasteiger partial charge in [-0.05, 0) is 17.5 Å². The van der Waals surface area contributed by atoms with Crippen LogP contribution >= 0.6 is 0 Å². The van der Waals surface area contributed by atoms with E-state index in [-0.39, 0.29) is 40.8 Å². The molecule has 230 valence electrons. The van der Waals surface area contributed by atoms with Crippen molar-refractivity contribution in [3.8, 4) is 51.5 Å². The van der Waals surface area contributed by atoms with Crippen molar-refractivity contribution in [2.45, 2.75) is 0 Å². The Morgan fingerprint density at radius 1 is 0.468 bits per heavy atom. The van der Waals surface area contributed by atoms with Gasteiger partial charge >= 0.3 is 40.8 Å². The van der Waals surface area contributed by atoms with E-state index in [0.29, 0.717) is 28.9 Å². The maximum atomic E-state index is 6.23. The minimum atomic E-state index is 0. The topological polar surface area (TPSA) is 101 Å². The fourth-order valence-corrected chi connectivity index (χ4v) is 5.00. The summed E-state index contributed by atoms with van der Waals surface area (Å²) in [6.07, 6.45) is 9.79. The first-order valence-electron chi connectivity index (χ1n) is 13.9. The first-order valence-corrected chi connectivity index (χ1v) is 13.9. The zero-order valence-electron chi connectivity index (χ0n) is 24.0. The summed E-state index contributed by atoms with van der Waals surface area (Å²) in [6.45, 7) is 0. The Bertz CT molecular complexity index is 2150. The average Bonchev–Trinajstić information content (AvgIpc) is 3.42. The van der Waals surface area contributed by atoms with Gasteiger partial charge in [-0.15, -0.1) is 71.8 Å². The van der Waals surface area contributed by atoms with Gasteiger partial charge in [-0.2, -0.15) is 22.9 Å². The van der Waals surface area contributed by atoms with Gasteiger partial charge in [0, 0.05) is 47.8 Å². The third-order valence-corrected chi connectivity index (χ3v) is 6.98. The van der Waals surface area contributed by atoms with Crippen molar-refractivity contribution in [2.75, 3.05) is 0 Å². The second-order valence-corrected chi connectivity index (χ2v) is 9.80. The van der Waals surface area contributed by atoms with Crippen LogP contribution in [0.1, 0.15) is 0 Å². The first kappa shape index (κ1) is 31.8. The standard InChI is InChI=1S/C36H19N7O2.2Pd/c1-4-24(32-12-16-37-22-41-32)18-26(6-1)44-28-8-10-30-31-11-9-29(21-35(31)43(34(30)20-28)36-39-14-3-15-40-36)45-27-7-2-5-25(19-27)33-13-17-38-23-42-33;;/h1-17,22-23H;;/q-4;2*+2. The molecule has 0 saturated heterocycles. The number of nitrogens with zero attached hydrogens (tertiary/aromatic N) is 7. The van der Waals surface area contributed by atoms with Crippen molar-refractivity contribution in [1.29, 1.82) is 0 Å². The molecule has 8 rings (SSSR count). The van der Waals surface area contributed by atoms with Crippen LogP contribution in [0.15, 0.2) is 116 Å². The van der Waals surface area contributed by atoms with E-state index in [9.17, 15) is 0 Å². The normalized spacial score (nSPS) is 10.6. The van der Waals surface area contributed by atoms with E-state index in [1.165, 1.54) is 12.7 Å². The molecule has 0 aliphatic carbocycles. The number of hydrogen-bond acceptors (Lipinski definition) is 8. The summed E-state index contributed by atoms with van der Waals surface area (Å²) in [7, 11) is 0. The zero-order chi connectivity index (χ0) is 30.0. The Morgan fingerprint density at radius 2 is 0.957 bits per heavy atom. The van der Waals surface area contributed by atoms with Crippen LogP contribution in [-0.2, 0) is 40.8 Å². The van der Waals surface area contributed by atoms with E-state index < -0.39 is 0 Å². The molecule has 47 heavy (non-hydrogen) atoms. The molecular formula is C36H19N7O2Pd2. The van der Waals surface area contributed by atoms with Crippen molar-refractivity contribution < 1.29 is 50.3 Å². The number of hydrogen-bond donors (Lipinski definition) is 0. The molecule has 0 saturated carbocycles. The molecule has 8 aromatic rings. The minimum absolute atomic E-state index is 0. The molecule has 0 aliphatic rings. The molecule has 4 heterocycles. The Kier molecular flexibility index (Phi) is 9.54. The molecule has 4 aromatic carbocycles. The van der Waals surface area contributed by atoms with Crippen LogP contribution in [0.25, 0.3) is 50.3 Å². The summed E-state index contributed by atoms with van der Waals surface area (Å²) >= 11 is 0. The number of aromatic nitrogens is 7. The molecule has 0 fully saturated rings. The zero-order valence-corrected chi connectivity index (χ0v) is 27.2. The summed E-state index contributed by atoms with van der Waals surface area (Å²) in [5.74, 6) is 2.54. The summed E-state index contributed by atoms with van der Waals surface area (Å²) in [6, 6.07) is 37.9. The van der Waals surface area contributed by atoms with E-state index in [0.717, 1.165) is 44.3 Å². The number of benzene rings is 4. The van der Waals surface area contributed by atoms with Gasteiger partial charge in [0.1, 0.15) is 12.7 Å². The van der Waals surface area contributed by atoms with E-state index in [4.69, 9.17) is 9.47 Å². The largest absolute Gasteiger partial charge is 2.00 e. The summed E-state index contributed by atoms with van der Waals surface area (Å²) in [4.78, 5) is 25.7. The minimum Gasteiger partial charge on any atom is -0.503 e. The van der Waals surface area contributed by atoms with E-state index >= 15 is 0 Å². The molecule has 0 atom stereocenters. The van der Waals surface area contributed by atoms with Crippen LogP contribution in [0.4, 0.5) is 0 Å². The molecule has 4 aromatic heterocycles. The third-order valence-electron chi connectivity index (χ3n) is 6.98. The van der Waals surface area contributed by atoms with E-state index in [1.54, 1.807) is 30.9 Å². The first-order chi connectivity index (χ1) is 22.3. The summed E-state index contributed by atoms with van der Waals surface area (Å²) < 4.78 is 14.4. The molecule has 0 aliphatic heterocycles. The van der Waals surface area contributed by atoms with Gasteiger partial charge in [0.25, 0.3) is 0 Å². The van der Waals surface area contributed by atoms with Gasteiger partial charge in [0.2, 0.25) is 5.95 Å². The number of ether oxygens (including phenoxy) is 2. The van der Waals surface area contributed by atoms with Crippen molar-refractivity contribution in [1.82, 2.24) is 34.5 Å². The van der Waals surface area contributed by atoms with Crippen LogP contribution in [-0.4, -0.2) is 34.5 Å². The number of fused-ring (bicyclic) bond motifs is 3. The molecule has 0 unspecified atom stereocenters. The van der Waals surface area contributed by atoms with Crippen LogP contribution < -0.4 is 9.47 Å². The second-order valence-electron chi connectivity index (χ2n) is 9.80. The van der Waals surface area contributed by atoms with Crippen molar-refractivity contribution in [2.24, 2.45) is 0 Å².